The SMILES string of the molecule is CCOC(=O)N1CCC(NC(=NC)NCC2(c3ccccc3C)CC2)CC1.I. The van der Waals surface area contributed by atoms with E-state index < -0.39 is 0 Å². The number of aliphatic imine (C=N–C) groups is 1. The molecule has 3 rings (SSSR count). The summed E-state index contributed by atoms with van der Waals surface area (Å²) in [4.78, 5) is 18.0. The van der Waals surface area contributed by atoms with Gasteiger partial charge in [0, 0.05) is 38.1 Å². The van der Waals surface area contributed by atoms with Crippen LogP contribution in [0.5, 0.6) is 0 Å². The van der Waals surface area contributed by atoms with Crippen molar-refractivity contribution in [2.45, 2.75) is 51.0 Å². The molecule has 7 heteroatoms. The highest BCUT2D eigenvalue weighted by Crippen LogP contribution is 2.48. The van der Waals surface area contributed by atoms with E-state index in [1.807, 2.05) is 14.0 Å². The molecule has 2 fully saturated rings. The van der Waals surface area contributed by atoms with Crippen molar-refractivity contribution in [3.63, 3.8) is 0 Å². The minimum absolute atomic E-state index is 0. The summed E-state index contributed by atoms with van der Waals surface area (Å²) in [7, 11) is 1.82. The van der Waals surface area contributed by atoms with Crippen molar-refractivity contribution < 1.29 is 9.53 Å². The van der Waals surface area contributed by atoms with Gasteiger partial charge >= 0.3 is 6.09 Å². The Morgan fingerprint density at radius 2 is 1.96 bits per heavy atom. The van der Waals surface area contributed by atoms with Crippen molar-refractivity contribution >= 4 is 36.0 Å². The molecule has 2 N–H and O–H groups in total. The largest absolute Gasteiger partial charge is 0.450 e. The van der Waals surface area contributed by atoms with Gasteiger partial charge in [-0.2, -0.15) is 0 Å². The van der Waals surface area contributed by atoms with Gasteiger partial charge in [-0.15, -0.1) is 24.0 Å². The maximum atomic E-state index is 11.8. The van der Waals surface area contributed by atoms with Crippen molar-refractivity contribution in [2.24, 2.45) is 4.99 Å². The van der Waals surface area contributed by atoms with Crippen LogP contribution in [0, 0.1) is 6.92 Å². The number of nitrogens with one attached hydrogen (secondary N) is 2. The molecule has 0 aromatic heterocycles. The Balaban J connectivity index is 0.00000280. The van der Waals surface area contributed by atoms with E-state index in [-0.39, 0.29) is 35.5 Å². The van der Waals surface area contributed by atoms with Gasteiger partial charge in [-0.25, -0.2) is 4.79 Å². The lowest BCUT2D eigenvalue weighted by atomic mass is 9.92. The summed E-state index contributed by atoms with van der Waals surface area (Å²) < 4.78 is 5.08. The van der Waals surface area contributed by atoms with Crippen LogP contribution in [0.4, 0.5) is 4.79 Å². The third-order valence-electron chi connectivity index (χ3n) is 5.75. The Labute approximate surface area is 185 Å². The van der Waals surface area contributed by atoms with E-state index in [2.05, 4.69) is 46.8 Å². The Morgan fingerprint density at radius 1 is 1.29 bits per heavy atom. The lowest BCUT2D eigenvalue weighted by Crippen LogP contribution is -2.50. The predicted molar refractivity (Wildman–Crippen MR) is 124 cm³/mol. The third kappa shape index (κ3) is 5.52. The molecule has 1 aromatic rings. The fourth-order valence-electron chi connectivity index (χ4n) is 3.92. The van der Waals surface area contributed by atoms with Crippen LogP contribution in [0.25, 0.3) is 0 Å². The summed E-state index contributed by atoms with van der Waals surface area (Å²) in [6.07, 6.45) is 4.05. The highest BCUT2D eigenvalue weighted by molar-refractivity contribution is 14.0. The molecule has 0 radical (unpaired) electrons. The molecule has 156 valence electrons. The van der Waals surface area contributed by atoms with E-state index in [0.29, 0.717) is 12.6 Å². The van der Waals surface area contributed by atoms with Crippen LogP contribution >= 0.6 is 24.0 Å². The number of guanidine groups is 1. The molecule has 0 unspecified atom stereocenters. The number of likely N-dealkylation sites (tertiary alicyclic amines) is 1. The smallest absolute Gasteiger partial charge is 0.409 e. The highest BCUT2D eigenvalue weighted by Gasteiger charge is 2.45. The number of hydrogen-bond acceptors (Lipinski definition) is 3. The first-order valence-electron chi connectivity index (χ1n) is 10.0. The monoisotopic (exact) mass is 500 g/mol. The van der Waals surface area contributed by atoms with E-state index in [1.165, 1.54) is 24.0 Å². The van der Waals surface area contributed by atoms with Gasteiger partial charge in [-0.1, -0.05) is 24.3 Å². The standard InChI is InChI=1S/C21H32N4O2.HI/c1-4-27-20(26)25-13-9-17(10-14-25)24-19(22-3)23-15-21(11-12-21)18-8-6-5-7-16(18)2;/h5-8,17H,4,9-15H2,1-3H3,(H2,22,23,24);1H. The normalized spacial score (nSPS) is 18.8. The summed E-state index contributed by atoms with van der Waals surface area (Å²) in [6.45, 7) is 6.81. The van der Waals surface area contributed by atoms with Crippen LogP contribution in [0.3, 0.4) is 0 Å². The fourth-order valence-corrected chi connectivity index (χ4v) is 3.92. The molecule has 1 saturated heterocycles. The first kappa shape index (κ1) is 22.8. The van der Waals surface area contributed by atoms with Crippen LogP contribution in [0.2, 0.25) is 0 Å². The van der Waals surface area contributed by atoms with Crippen LogP contribution in [0.1, 0.15) is 43.7 Å². The zero-order chi connectivity index (χ0) is 19.3. The van der Waals surface area contributed by atoms with Gasteiger partial charge < -0.3 is 20.3 Å². The average Bonchev–Trinajstić information content (AvgIpc) is 3.47. The number of aryl methyl sites for hydroxylation is 1. The van der Waals surface area contributed by atoms with E-state index in [1.54, 1.807) is 4.90 Å². The molecule has 0 bridgehead atoms. The second-order valence-corrected chi connectivity index (χ2v) is 7.63. The Bertz CT molecular complexity index is 683. The van der Waals surface area contributed by atoms with Gasteiger partial charge in [-0.05, 0) is 50.7 Å². The number of piperidine rings is 1. The molecule has 0 spiro atoms. The molecule has 1 amide bonds. The number of benzene rings is 1. The number of carbonyl (C=O) groups is 1. The van der Waals surface area contributed by atoms with Gasteiger partial charge in [0.05, 0.1) is 6.61 Å². The number of rotatable bonds is 5. The van der Waals surface area contributed by atoms with Gasteiger partial charge in [0.25, 0.3) is 0 Å². The second kappa shape index (κ2) is 10.3. The van der Waals surface area contributed by atoms with E-state index in [9.17, 15) is 4.79 Å². The summed E-state index contributed by atoms with van der Waals surface area (Å²) in [5, 5.41) is 7.06. The Hall–Kier alpha value is -1.51. The van der Waals surface area contributed by atoms with E-state index in [4.69, 9.17) is 4.74 Å². The summed E-state index contributed by atoms with van der Waals surface area (Å²) in [6, 6.07) is 9.01. The lowest BCUT2D eigenvalue weighted by molar-refractivity contribution is 0.0963. The number of hydrogen-bond donors (Lipinski definition) is 2. The van der Waals surface area contributed by atoms with Gasteiger partial charge in [0.2, 0.25) is 0 Å². The Kier molecular flexibility index (Phi) is 8.39. The molecule has 28 heavy (non-hydrogen) atoms. The zero-order valence-corrected chi connectivity index (χ0v) is 19.5. The lowest BCUT2D eigenvalue weighted by Gasteiger charge is -2.32. The molecule has 1 aromatic carbocycles. The molecular formula is C21H33IN4O2. The number of halogens is 1. The fraction of sp³-hybridized carbons (Fsp3) is 0.619. The minimum atomic E-state index is -0.202. The predicted octanol–water partition coefficient (Wildman–Crippen LogP) is 3.43. The van der Waals surface area contributed by atoms with E-state index in [0.717, 1.165) is 38.4 Å². The zero-order valence-electron chi connectivity index (χ0n) is 17.2. The van der Waals surface area contributed by atoms with Crippen molar-refractivity contribution in [3.8, 4) is 0 Å². The molecule has 6 nitrogen and oxygen atoms in total. The quantitative estimate of drug-likeness (QED) is 0.370. The van der Waals surface area contributed by atoms with E-state index >= 15 is 0 Å². The molecule has 1 heterocycles. The first-order valence-corrected chi connectivity index (χ1v) is 10.0. The van der Waals surface area contributed by atoms with Crippen molar-refractivity contribution in [1.82, 2.24) is 15.5 Å². The summed E-state index contributed by atoms with van der Waals surface area (Å²) in [5.74, 6) is 0.851. The number of carbonyl (C=O) groups excluding carboxylic acids is 1. The molecule has 1 aliphatic heterocycles. The Morgan fingerprint density at radius 3 is 2.54 bits per heavy atom. The number of ether oxygens (including phenoxy) is 1. The number of nitrogens with zero attached hydrogens (tertiary/aromatic N) is 2. The third-order valence-corrected chi connectivity index (χ3v) is 5.75. The number of amides is 1. The molecule has 1 aliphatic carbocycles. The molecule has 0 atom stereocenters. The van der Waals surface area contributed by atoms with Gasteiger partial charge in [0.15, 0.2) is 5.96 Å². The molecule has 1 saturated carbocycles. The van der Waals surface area contributed by atoms with Crippen LogP contribution < -0.4 is 10.6 Å². The van der Waals surface area contributed by atoms with Crippen LogP contribution in [-0.4, -0.2) is 56.3 Å². The first-order chi connectivity index (χ1) is 13.1. The molecular weight excluding hydrogens is 467 g/mol. The van der Waals surface area contributed by atoms with Crippen molar-refractivity contribution in [2.75, 3.05) is 33.3 Å². The van der Waals surface area contributed by atoms with Crippen molar-refractivity contribution in [3.05, 3.63) is 35.4 Å². The summed E-state index contributed by atoms with van der Waals surface area (Å²) >= 11 is 0. The maximum Gasteiger partial charge on any atom is 0.409 e. The highest BCUT2D eigenvalue weighted by atomic mass is 127. The minimum Gasteiger partial charge on any atom is -0.450 e. The van der Waals surface area contributed by atoms with Crippen LogP contribution in [-0.2, 0) is 10.2 Å². The topological polar surface area (TPSA) is 66.0 Å². The second-order valence-electron chi connectivity index (χ2n) is 7.63. The average molecular weight is 500 g/mol. The van der Waals surface area contributed by atoms with Crippen molar-refractivity contribution in [1.29, 1.82) is 0 Å². The van der Waals surface area contributed by atoms with Gasteiger partial charge in [-0.3, -0.25) is 4.99 Å². The maximum absolute atomic E-state index is 11.8. The van der Waals surface area contributed by atoms with Gasteiger partial charge in [0.1, 0.15) is 0 Å². The van der Waals surface area contributed by atoms with Crippen LogP contribution in [0.15, 0.2) is 29.3 Å². The molecule has 2 aliphatic rings. The summed E-state index contributed by atoms with van der Waals surface area (Å²) in [5.41, 5.74) is 3.07.